The van der Waals surface area contributed by atoms with E-state index in [0.29, 0.717) is 0 Å². The fraction of sp³-hybridized carbons (Fsp3) is 0.0909. The molecular formula is C11H11N. The van der Waals surface area contributed by atoms with E-state index in [1.807, 2.05) is 6.08 Å². The van der Waals surface area contributed by atoms with Crippen LogP contribution in [-0.2, 0) is 0 Å². The molecule has 0 bridgehead atoms. The SMILES string of the molecule is C=C1C=Cc2ccc(C)cc2N1. The number of aryl methyl sites for hydroxylation is 1. The van der Waals surface area contributed by atoms with Crippen LogP contribution in [0.5, 0.6) is 0 Å². The van der Waals surface area contributed by atoms with Crippen LogP contribution in [0, 0.1) is 6.92 Å². The normalized spacial score (nSPS) is 13.9. The summed E-state index contributed by atoms with van der Waals surface area (Å²) in [6.45, 7) is 5.93. The molecule has 0 radical (unpaired) electrons. The van der Waals surface area contributed by atoms with Crippen molar-refractivity contribution in [3.63, 3.8) is 0 Å². The van der Waals surface area contributed by atoms with Crippen molar-refractivity contribution in [3.05, 3.63) is 47.7 Å². The molecule has 0 aromatic heterocycles. The Balaban J connectivity index is 2.54. The Labute approximate surface area is 72.4 Å². The molecule has 2 rings (SSSR count). The van der Waals surface area contributed by atoms with Gasteiger partial charge in [-0.2, -0.15) is 0 Å². The van der Waals surface area contributed by atoms with E-state index in [2.05, 4.69) is 43.1 Å². The molecule has 0 saturated carbocycles. The van der Waals surface area contributed by atoms with E-state index in [1.165, 1.54) is 11.1 Å². The van der Waals surface area contributed by atoms with Gasteiger partial charge in [-0.15, -0.1) is 0 Å². The van der Waals surface area contributed by atoms with E-state index in [0.717, 1.165) is 11.4 Å². The van der Waals surface area contributed by atoms with E-state index in [4.69, 9.17) is 0 Å². The van der Waals surface area contributed by atoms with Crippen molar-refractivity contribution in [2.75, 3.05) is 5.32 Å². The summed E-state index contributed by atoms with van der Waals surface area (Å²) in [6, 6.07) is 6.35. The minimum Gasteiger partial charge on any atom is -0.356 e. The number of hydrogen-bond donors (Lipinski definition) is 1. The van der Waals surface area contributed by atoms with Crippen LogP contribution in [0.3, 0.4) is 0 Å². The van der Waals surface area contributed by atoms with Gasteiger partial charge in [-0.25, -0.2) is 0 Å². The maximum absolute atomic E-state index is 3.84. The van der Waals surface area contributed by atoms with Crippen LogP contribution in [0.1, 0.15) is 11.1 Å². The first-order valence-corrected chi connectivity index (χ1v) is 4.00. The van der Waals surface area contributed by atoms with Gasteiger partial charge in [-0.1, -0.05) is 24.8 Å². The van der Waals surface area contributed by atoms with Crippen LogP contribution < -0.4 is 5.32 Å². The van der Waals surface area contributed by atoms with Crippen molar-refractivity contribution < 1.29 is 0 Å². The van der Waals surface area contributed by atoms with E-state index in [-0.39, 0.29) is 0 Å². The summed E-state index contributed by atoms with van der Waals surface area (Å²) in [5.74, 6) is 0. The molecule has 0 amide bonds. The van der Waals surface area contributed by atoms with Crippen molar-refractivity contribution in [3.8, 4) is 0 Å². The first-order chi connectivity index (χ1) is 5.75. The lowest BCUT2D eigenvalue weighted by Crippen LogP contribution is -2.01. The third-order valence-corrected chi connectivity index (χ3v) is 1.97. The van der Waals surface area contributed by atoms with Gasteiger partial charge in [0.15, 0.2) is 0 Å². The van der Waals surface area contributed by atoms with Crippen molar-refractivity contribution >= 4 is 11.8 Å². The average Bonchev–Trinajstić information content (AvgIpc) is 2.03. The number of hydrogen-bond acceptors (Lipinski definition) is 1. The Hall–Kier alpha value is -1.50. The summed E-state index contributed by atoms with van der Waals surface area (Å²) < 4.78 is 0. The van der Waals surface area contributed by atoms with Crippen molar-refractivity contribution in [2.24, 2.45) is 0 Å². The number of allylic oxidation sites excluding steroid dienone is 1. The molecule has 1 aliphatic heterocycles. The summed E-state index contributed by atoms with van der Waals surface area (Å²) in [4.78, 5) is 0. The molecule has 1 heterocycles. The van der Waals surface area contributed by atoms with E-state index in [1.54, 1.807) is 0 Å². The molecule has 1 aliphatic rings. The molecule has 0 fully saturated rings. The lowest BCUT2D eigenvalue weighted by Gasteiger charge is -2.14. The summed E-state index contributed by atoms with van der Waals surface area (Å²) in [5.41, 5.74) is 4.60. The Morgan fingerprint density at radius 3 is 2.92 bits per heavy atom. The fourth-order valence-corrected chi connectivity index (χ4v) is 1.33. The first kappa shape index (κ1) is 7.17. The molecule has 1 nitrogen and oxygen atoms in total. The highest BCUT2D eigenvalue weighted by atomic mass is 14.9. The maximum atomic E-state index is 3.84. The van der Waals surface area contributed by atoms with Gasteiger partial charge in [0.25, 0.3) is 0 Å². The standard InChI is InChI=1S/C11H11N/c1-8-3-5-10-6-4-9(2)12-11(10)7-8/h3-7,12H,2H2,1H3. The average molecular weight is 157 g/mol. The zero-order valence-electron chi connectivity index (χ0n) is 7.09. The third-order valence-electron chi connectivity index (χ3n) is 1.97. The molecular weight excluding hydrogens is 146 g/mol. The van der Waals surface area contributed by atoms with Crippen molar-refractivity contribution in [1.82, 2.24) is 0 Å². The second-order valence-corrected chi connectivity index (χ2v) is 3.07. The van der Waals surface area contributed by atoms with Crippen LogP contribution in [0.15, 0.2) is 36.6 Å². The van der Waals surface area contributed by atoms with Gasteiger partial charge in [0.2, 0.25) is 0 Å². The maximum Gasteiger partial charge on any atom is 0.0460 e. The monoisotopic (exact) mass is 157 g/mol. The Kier molecular flexibility index (Phi) is 1.51. The zero-order valence-corrected chi connectivity index (χ0v) is 7.09. The van der Waals surface area contributed by atoms with Gasteiger partial charge in [0.05, 0.1) is 0 Å². The summed E-state index contributed by atoms with van der Waals surface area (Å²) in [5, 5.41) is 3.22. The Bertz CT molecular complexity index is 361. The smallest absolute Gasteiger partial charge is 0.0460 e. The van der Waals surface area contributed by atoms with Crippen LogP contribution in [-0.4, -0.2) is 0 Å². The van der Waals surface area contributed by atoms with Crippen LogP contribution >= 0.6 is 0 Å². The Morgan fingerprint density at radius 2 is 2.08 bits per heavy atom. The first-order valence-electron chi connectivity index (χ1n) is 4.00. The lowest BCUT2D eigenvalue weighted by molar-refractivity contribution is 1.40. The predicted molar refractivity (Wildman–Crippen MR) is 53.0 cm³/mol. The predicted octanol–water partition coefficient (Wildman–Crippen LogP) is 2.95. The minimum absolute atomic E-state index is 0.952. The summed E-state index contributed by atoms with van der Waals surface area (Å²) in [7, 11) is 0. The summed E-state index contributed by atoms with van der Waals surface area (Å²) >= 11 is 0. The highest BCUT2D eigenvalue weighted by Crippen LogP contribution is 2.24. The molecule has 0 unspecified atom stereocenters. The molecule has 0 atom stereocenters. The largest absolute Gasteiger partial charge is 0.356 e. The van der Waals surface area contributed by atoms with Gasteiger partial charge in [-0.3, -0.25) is 0 Å². The van der Waals surface area contributed by atoms with Crippen molar-refractivity contribution in [1.29, 1.82) is 0 Å². The van der Waals surface area contributed by atoms with Crippen LogP contribution in [0.2, 0.25) is 0 Å². The van der Waals surface area contributed by atoms with Gasteiger partial charge in [-0.05, 0) is 30.2 Å². The minimum atomic E-state index is 0.952. The highest BCUT2D eigenvalue weighted by Gasteiger charge is 2.04. The van der Waals surface area contributed by atoms with Crippen molar-refractivity contribution in [2.45, 2.75) is 6.92 Å². The molecule has 0 saturated heterocycles. The van der Waals surface area contributed by atoms with Gasteiger partial charge in [0, 0.05) is 11.4 Å². The number of anilines is 1. The lowest BCUT2D eigenvalue weighted by atomic mass is 10.1. The van der Waals surface area contributed by atoms with Gasteiger partial charge in [0.1, 0.15) is 0 Å². The molecule has 0 aliphatic carbocycles. The third kappa shape index (κ3) is 1.14. The number of rotatable bonds is 0. The number of fused-ring (bicyclic) bond motifs is 1. The second kappa shape index (κ2) is 2.52. The summed E-state index contributed by atoms with van der Waals surface area (Å²) in [6.07, 6.45) is 4.06. The molecule has 1 aromatic carbocycles. The van der Waals surface area contributed by atoms with E-state index in [9.17, 15) is 0 Å². The van der Waals surface area contributed by atoms with E-state index < -0.39 is 0 Å². The van der Waals surface area contributed by atoms with Crippen LogP contribution in [0.4, 0.5) is 5.69 Å². The van der Waals surface area contributed by atoms with E-state index >= 15 is 0 Å². The van der Waals surface area contributed by atoms with Gasteiger partial charge >= 0.3 is 0 Å². The molecule has 1 heteroatoms. The quantitative estimate of drug-likeness (QED) is 0.610. The van der Waals surface area contributed by atoms with Crippen LogP contribution in [0.25, 0.3) is 6.08 Å². The topological polar surface area (TPSA) is 12.0 Å². The number of benzene rings is 1. The molecule has 1 aromatic rings. The molecule has 12 heavy (non-hydrogen) atoms. The molecule has 1 N–H and O–H groups in total. The fourth-order valence-electron chi connectivity index (χ4n) is 1.33. The second-order valence-electron chi connectivity index (χ2n) is 3.07. The number of nitrogens with one attached hydrogen (secondary N) is 1. The highest BCUT2D eigenvalue weighted by molar-refractivity contribution is 5.74. The Morgan fingerprint density at radius 1 is 1.25 bits per heavy atom. The zero-order chi connectivity index (χ0) is 8.55. The van der Waals surface area contributed by atoms with Gasteiger partial charge < -0.3 is 5.32 Å². The molecule has 60 valence electrons. The molecule has 0 spiro atoms.